The van der Waals surface area contributed by atoms with Crippen LogP contribution >= 0.6 is 35.9 Å². The van der Waals surface area contributed by atoms with Crippen molar-refractivity contribution in [3.8, 4) is 0 Å². The Kier molecular flexibility index (Phi) is 6.48. The minimum Gasteiger partial charge on any atom is -0.354 e. The molecule has 6 heteroatoms. The second-order valence-corrected chi connectivity index (χ2v) is 7.32. The van der Waals surface area contributed by atoms with Crippen molar-refractivity contribution in [3.05, 3.63) is 0 Å². The Morgan fingerprint density at radius 1 is 1.53 bits per heavy atom. The molecule has 3 nitrogen and oxygen atoms in total. The van der Waals surface area contributed by atoms with E-state index in [2.05, 4.69) is 17.6 Å². The molecule has 100 valence electrons. The van der Waals surface area contributed by atoms with Gasteiger partial charge in [0.25, 0.3) is 0 Å². The number of rotatable bonds is 3. The summed E-state index contributed by atoms with van der Waals surface area (Å²) in [6.45, 7) is 4.69. The number of carbonyl (C=O) groups is 1. The average Bonchev–Trinajstić information content (AvgIpc) is 2.76. The molecule has 2 rings (SSSR count). The minimum absolute atomic E-state index is 0. The minimum atomic E-state index is -0.174. The Hall–Kier alpha value is 0.420. The van der Waals surface area contributed by atoms with Gasteiger partial charge in [-0.25, -0.2) is 0 Å². The predicted octanol–water partition coefficient (Wildman–Crippen LogP) is 1.37. The van der Waals surface area contributed by atoms with E-state index in [1.54, 1.807) is 0 Å². The maximum Gasteiger partial charge on any atom is 0.227 e. The third-order valence-electron chi connectivity index (χ3n) is 3.29. The van der Waals surface area contributed by atoms with Gasteiger partial charge in [-0.05, 0) is 19.9 Å². The number of amides is 1. The summed E-state index contributed by atoms with van der Waals surface area (Å²) in [6.07, 6.45) is 0.964. The van der Waals surface area contributed by atoms with Crippen LogP contribution in [-0.2, 0) is 4.79 Å². The van der Waals surface area contributed by atoms with Crippen LogP contribution in [0.3, 0.4) is 0 Å². The average molecular weight is 297 g/mol. The van der Waals surface area contributed by atoms with Gasteiger partial charge < -0.3 is 10.6 Å². The van der Waals surface area contributed by atoms with E-state index >= 15 is 0 Å². The van der Waals surface area contributed by atoms with Gasteiger partial charge >= 0.3 is 0 Å². The largest absolute Gasteiger partial charge is 0.354 e. The molecule has 0 aromatic carbocycles. The van der Waals surface area contributed by atoms with Crippen molar-refractivity contribution in [2.45, 2.75) is 18.6 Å². The molecule has 2 aliphatic heterocycles. The molecule has 0 spiro atoms. The van der Waals surface area contributed by atoms with Crippen LogP contribution < -0.4 is 10.6 Å². The SMILES string of the molecule is CC1(C(=O)NCC2CSCCS2)CCNC1.Cl. The molecule has 2 atom stereocenters. The second-order valence-electron chi connectivity index (χ2n) is 4.77. The van der Waals surface area contributed by atoms with Crippen molar-refractivity contribution in [2.75, 3.05) is 36.9 Å². The monoisotopic (exact) mass is 296 g/mol. The topological polar surface area (TPSA) is 41.1 Å². The summed E-state index contributed by atoms with van der Waals surface area (Å²) in [7, 11) is 0. The fourth-order valence-corrected chi connectivity index (χ4v) is 4.70. The van der Waals surface area contributed by atoms with Crippen molar-refractivity contribution in [3.63, 3.8) is 0 Å². The van der Waals surface area contributed by atoms with Crippen molar-refractivity contribution in [2.24, 2.45) is 5.41 Å². The summed E-state index contributed by atoms with van der Waals surface area (Å²) in [4.78, 5) is 12.0. The molecule has 17 heavy (non-hydrogen) atoms. The zero-order chi connectivity index (χ0) is 11.4. The van der Waals surface area contributed by atoms with Crippen LogP contribution in [0.5, 0.6) is 0 Å². The summed E-state index contributed by atoms with van der Waals surface area (Å²) in [5, 5.41) is 6.99. The molecule has 0 bridgehead atoms. The normalized spacial score (nSPS) is 32.9. The van der Waals surface area contributed by atoms with Crippen LogP contribution in [-0.4, -0.2) is 48.0 Å². The third-order valence-corrected chi connectivity index (χ3v) is 6.14. The molecular weight excluding hydrogens is 276 g/mol. The number of hydrogen-bond acceptors (Lipinski definition) is 4. The maximum atomic E-state index is 12.0. The first-order valence-corrected chi connectivity index (χ1v) is 8.09. The van der Waals surface area contributed by atoms with Crippen molar-refractivity contribution >= 4 is 41.8 Å². The van der Waals surface area contributed by atoms with Gasteiger partial charge in [0.2, 0.25) is 5.91 Å². The highest BCUT2D eigenvalue weighted by atomic mass is 35.5. The standard InChI is InChI=1S/C11H20N2OS2.ClH/c1-11(2-3-12-8-11)10(14)13-6-9-7-15-4-5-16-9;/h9,12H,2-8H2,1H3,(H,13,14);1H. The molecule has 2 N–H and O–H groups in total. The zero-order valence-electron chi connectivity index (χ0n) is 10.2. The second kappa shape index (κ2) is 7.12. The van der Waals surface area contributed by atoms with E-state index in [9.17, 15) is 4.79 Å². The lowest BCUT2D eigenvalue weighted by Gasteiger charge is -2.25. The van der Waals surface area contributed by atoms with Gasteiger partial charge in [0, 0.05) is 35.6 Å². The molecule has 0 aromatic rings. The molecule has 0 radical (unpaired) electrons. The van der Waals surface area contributed by atoms with Crippen LogP contribution in [0.1, 0.15) is 13.3 Å². The van der Waals surface area contributed by atoms with E-state index in [4.69, 9.17) is 0 Å². The van der Waals surface area contributed by atoms with E-state index < -0.39 is 0 Å². The summed E-state index contributed by atoms with van der Waals surface area (Å²) in [5.41, 5.74) is -0.174. The molecular formula is C11H21ClN2OS2. The first kappa shape index (κ1) is 15.5. The van der Waals surface area contributed by atoms with E-state index in [-0.39, 0.29) is 23.7 Å². The Labute approximate surface area is 118 Å². The predicted molar refractivity (Wildman–Crippen MR) is 79.4 cm³/mol. The van der Waals surface area contributed by atoms with Gasteiger partial charge in [-0.2, -0.15) is 23.5 Å². The summed E-state index contributed by atoms with van der Waals surface area (Å²) < 4.78 is 0. The molecule has 0 saturated carbocycles. The van der Waals surface area contributed by atoms with Gasteiger partial charge in [-0.1, -0.05) is 0 Å². The van der Waals surface area contributed by atoms with Crippen LogP contribution in [0.25, 0.3) is 0 Å². The van der Waals surface area contributed by atoms with Crippen molar-refractivity contribution < 1.29 is 4.79 Å². The van der Waals surface area contributed by atoms with E-state index in [0.29, 0.717) is 5.25 Å². The first-order chi connectivity index (χ1) is 7.71. The van der Waals surface area contributed by atoms with Crippen LogP contribution in [0, 0.1) is 5.41 Å². The Bertz CT molecular complexity index is 254. The quantitative estimate of drug-likeness (QED) is 0.825. The maximum absolute atomic E-state index is 12.0. The molecule has 2 fully saturated rings. The zero-order valence-corrected chi connectivity index (χ0v) is 12.6. The molecule has 0 aliphatic carbocycles. The Balaban J connectivity index is 0.00000144. The molecule has 2 unspecified atom stereocenters. The van der Waals surface area contributed by atoms with Gasteiger partial charge in [0.15, 0.2) is 0 Å². The molecule has 0 aromatic heterocycles. The first-order valence-electron chi connectivity index (χ1n) is 5.89. The highest BCUT2D eigenvalue weighted by Crippen LogP contribution is 2.26. The lowest BCUT2D eigenvalue weighted by Crippen LogP contribution is -2.43. The van der Waals surface area contributed by atoms with E-state index in [1.807, 2.05) is 23.5 Å². The van der Waals surface area contributed by atoms with E-state index in [0.717, 1.165) is 26.1 Å². The van der Waals surface area contributed by atoms with Crippen molar-refractivity contribution in [1.82, 2.24) is 10.6 Å². The smallest absolute Gasteiger partial charge is 0.227 e. The van der Waals surface area contributed by atoms with Crippen LogP contribution in [0.2, 0.25) is 0 Å². The van der Waals surface area contributed by atoms with Gasteiger partial charge in [0.05, 0.1) is 5.41 Å². The molecule has 1 amide bonds. The van der Waals surface area contributed by atoms with E-state index in [1.165, 1.54) is 17.3 Å². The lowest BCUT2D eigenvalue weighted by atomic mass is 9.89. The number of carbonyl (C=O) groups excluding carboxylic acids is 1. The molecule has 2 aliphatic rings. The fourth-order valence-electron chi connectivity index (χ4n) is 2.09. The Morgan fingerprint density at radius 3 is 2.94 bits per heavy atom. The summed E-state index contributed by atoms with van der Waals surface area (Å²) in [6, 6.07) is 0. The number of nitrogens with one attached hydrogen (secondary N) is 2. The fraction of sp³-hybridized carbons (Fsp3) is 0.909. The van der Waals surface area contributed by atoms with Gasteiger partial charge in [-0.15, -0.1) is 12.4 Å². The highest BCUT2D eigenvalue weighted by Gasteiger charge is 2.36. The van der Waals surface area contributed by atoms with Gasteiger partial charge in [-0.3, -0.25) is 4.79 Å². The molecule has 2 saturated heterocycles. The summed E-state index contributed by atoms with van der Waals surface area (Å²) in [5.74, 6) is 3.90. The third kappa shape index (κ3) is 4.23. The molecule has 2 heterocycles. The Morgan fingerprint density at radius 2 is 2.35 bits per heavy atom. The van der Waals surface area contributed by atoms with Crippen LogP contribution in [0.4, 0.5) is 0 Å². The van der Waals surface area contributed by atoms with Gasteiger partial charge in [0.1, 0.15) is 0 Å². The van der Waals surface area contributed by atoms with Crippen molar-refractivity contribution in [1.29, 1.82) is 0 Å². The lowest BCUT2D eigenvalue weighted by molar-refractivity contribution is -0.129. The van der Waals surface area contributed by atoms with Crippen LogP contribution in [0.15, 0.2) is 0 Å². The number of halogens is 1. The summed E-state index contributed by atoms with van der Waals surface area (Å²) >= 11 is 4.00. The highest BCUT2D eigenvalue weighted by molar-refractivity contribution is 8.06. The number of hydrogen-bond donors (Lipinski definition) is 2. The number of thioether (sulfide) groups is 2.